The van der Waals surface area contributed by atoms with E-state index in [2.05, 4.69) is 5.10 Å². The Bertz CT molecular complexity index is 697. The van der Waals surface area contributed by atoms with Crippen LogP contribution < -0.4 is 4.90 Å². The average Bonchev–Trinajstić information content (AvgIpc) is 3.05. The third-order valence-electron chi connectivity index (χ3n) is 4.00. The largest absolute Gasteiger partial charge is 0.454 e. The second-order valence-electron chi connectivity index (χ2n) is 5.64. The van der Waals surface area contributed by atoms with Crippen molar-refractivity contribution in [2.24, 2.45) is 0 Å². The minimum atomic E-state index is -0.472. The standard InChI is InChI=1S/C17H19N3O3/c1-13-7-8-14-5-2-3-6-15(14)20(13)16(21)12-23-17(22)11-19-10-4-9-18-19/h2-6,9-10,13H,7-8,11-12H2,1H3/t13-/m1/s1. The van der Waals surface area contributed by atoms with E-state index in [1.807, 2.05) is 31.2 Å². The van der Waals surface area contributed by atoms with Crippen molar-refractivity contribution >= 4 is 17.6 Å². The Kier molecular flexibility index (Phi) is 4.41. The van der Waals surface area contributed by atoms with Gasteiger partial charge in [0, 0.05) is 24.1 Å². The highest BCUT2D eigenvalue weighted by molar-refractivity contribution is 5.96. The third-order valence-corrected chi connectivity index (χ3v) is 4.00. The molecule has 0 aliphatic carbocycles. The van der Waals surface area contributed by atoms with Gasteiger partial charge in [0.25, 0.3) is 5.91 Å². The Balaban J connectivity index is 1.63. The molecule has 1 aliphatic rings. The molecular weight excluding hydrogens is 294 g/mol. The van der Waals surface area contributed by atoms with Gasteiger partial charge in [-0.05, 0) is 37.5 Å². The molecule has 0 unspecified atom stereocenters. The summed E-state index contributed by atoms with van der Waals surface area (Å²) in [6, 6.07) is 9.69. The number of benzene rings is 1. The summed E-state index contributed by atoms with van der Waals surface area (Å²) < 4.78 is 6.57. The third kappa shape index (κ3) is 3.41. The van der Waals surface area contributed by atoms with Crippen LogP contribution in [0, 0.1) is 0 Å². The summed E-state index contributed by atoms with van der Waals surface area (Å²) in [5.74, 6) is -0.668. The van der Waals surface area contributed by atoms with Crippen molar-refractivity contribution in [1.29, 1.82) is 0 Å². The van der Waals surface area contributed by atoms with Gasteiger partial charge in [0.2, 0.25) is 0 Å². The SMILES string of the molecule is C[C@@H]1CCc2ccccc2N1C(=O)COC(=O)Cn1cccn1. The smallest absolute Gasteiger partial charge is 0.328 e. The lowest BCUT2D eigenvalue weighted by Crippen LogP contribution is -2.44. The number of rotatable bonds is 4. The molecule has 1 amide bonds. The summed E-state index contributed by atoms with van der Waals surface area (Å²) in [5.41, 5.74) is 2.07. The zero-order valence-corrected chi connectivity index (χ0v) is 13.0. The number of esters is 1. The average molecular weight is 313 g/mol. The van der Waals surface area contributed by atoms with Crippen LogP contribution in [0.2, 0.25) is 0 Å². The molecule has 0 bridgehead atoms. The van der Waals surface area contributed by atoms with E-state index in [0.717, 1.165) is 24.1 Å². The van der Waals surface area contributed by atoms with Crippen molar-refractivity contribution in [2.45, 2.75) is 32.4 Å². The summed E-state index contributed by atoms with van der Waals surface area (Å²) in [5, 5.41) is 3.94. The molecule has 23 heavy (non-hydrogen) atoms. The van der Waals surface area contributed by atoms with E-state index < -0.39 is 5.97 Å². The maximum absolute atomic E-state index is 12.5. The molecule has 2 heterocycles. The highest BCUT2D eigenvalue weighted by Crippen LogP contribution is 2.30. The number of aryl methyl sites for hydroxylation is 1. The predicted octanol–water partition coefficient (Wildman–Crippen LogP) is 1.79. The first kappa shape index (κ1) is 15.3. The number of hydrogen-bond donors (Lipinski definition) is 0. The second kappa shape index (κ2) is 6.64. The van der Waals surface area contributed by atoms with E-state index in [-0.39, 0.29) is 25.1 Å². The normalized spacial score (nSPS) is 16.7. The number of para-hydroxylation sites is 1. The minimum Gasteiger partial charge on any atom is -0.454 e. The quantitative estimate of drug-likeness (QED) is 0.807. The topological polar surface area (TPSA) is 64.4 Å². The Morgan fingerprint density at radius 2 is 2.13 bits per heavy atom. The molecule has 6 nitrogen and oxygen atoms in total. The molecule has 1 aromatic heterocycles. The number of hydrogen-bond acceptors (Lipinski definition) is 4. The number of amides is 1. The molecule has 0 spiro atoms. The van der Waals surface area contributed by atoms with Crippen molar-refractivity contribution in [2.75, 3.05) is 11.5 Å². The van der Waals surface area contributed by atoms with Crippen LogP contribution in [0.5, 0.6) is 0 Å². The van der Waals surface area contributed by atoms with Crippen molar-refractivity contribution in [3.63, 3.8) is 0 Å². The lowest BCUT2D eigenvalue weighted by Gasteiger charge is -2.35. The Labute approximate surface area is 134 Å². The van der Waals surface area contributed by atoms with Crippen molar-refractivity contribution in [1.82, 2.24) is 9.78 Å². The van der Waals surface area contributed by atoms with E-state index in [0.29, 0.717) is 0 Å². The monoisotopic (exact) mass is 313 g/mol. The van der Waals surface area contributed by atoms with Gasteiger partial charge in [-0.2, -0.15) is 5.10 Å². The van der Waals surface area contributed by atoms with E-state index in [4.69, 9.17) is 4.74 Å². The second-order valence-corrected chi connectivity index (χ2v) is 5.64. The van der Waals surface area contributed by atoms with E-state index in [1.165, 1.54) is 4.68 Å². The zero-order chi connectivity index (χ0) is 16.2. The van der Waals surface area contributed by atoms with Gasteiger partial charge in [-0.15, -0.1) is 0 Å². The van der Waals surface area contributed by atoms with E-state index >= 15 is 0 Å². The zero-order valence-electron chi connectivity index (χ0n) is 13.0. The van der Waals surface area contributed by atoms with Gasteiger partial charge in [-0.3, -0.25) is 14.3 Å². The van der Waals surface area contributed by atoms with E-state index in [9.17, 15) is 9.59 Å². The van der Waals surface area contributed by atoms with Crippen LogP contribution in [0.3, 0.4) is 0 Å². The number of anilines is 1. The summed E-state index contributed by atoms with van der Waals surface area (Å²) in [6.07, 6.45) is 5.13. The molecule has 0 fully saturated rings. The molecule has 1 aromatic carbocycles. The Hall–Kier alpha value is -2.63. The number of nitrogens with zero attached hydrogens (tertiary/aromatic N) is 3. The maximum Gasteiger partial charge on any atom is 0.328 e. The lowest BCUT2D eigenvalue weighted by atomic mass is 9.96. The summed E-state index contributed by atoms with van der Waals surface area (Å²) in [4.78, 5) is 26.0. The molecule has 0 N–H and O–H groups in total. The van der Waals surface area contributed by atoms with Crippen LogP contribution in [0.15, 0.2) is 42.7 Å². The summed E-state index contributed by atoms with van der Waals surface area (Å²) in [7, 11) is 0. The van der Waals surface area contributed by atoms with Gasteiger partial charge in [-0.25, -0.2) is 0 Å². The van der Waals surface area contributed by atoms with Crippen LogP contribution in [-0.2, 0) is 27.3 Å². The van der Waals surface area contributed by atoms with Crippen LogP contribution in [0.1, 0.15) is 18.9 Å². The lowest BCUT2D eigenvalue weighted by molar-refractivity contribution is -0.148. The van der Waals surface area contributed by atoms with Crippen LogP contribution in [-0.4, -0.2) is 34.3 Å². The molecule has 0 radical (unpaired) electrons. The number of carbonyl (C=O) groups excluding carboxylic acids is 2. The fraction of sp³-hybridized carbons (Fsp3) is 0.353. The van der Waals surface area contributed by atoms with Gasteiger partial charge in [-0.1, -0.05) is 18.2 Å². The highest BCUT2D eigenvalue weighted by Gasteiger charge is 2.28. The molecule has 0 saturated carbocycles. The molecule has 2 aromatic rings. The molecule has 3 rings (SSSR count). The molecular formula is C17H19N3O3. The first-order valence-electron chi connectivity index (χ1n) is 7.68. The van der Waals surface area contributed by atoms with Crippen molar-refractivity contribution in [3.8, 4) is 0 Å². The molecule has 0 saturated heterocycles. The fourth-order valence-electron chi connectivity index (χ4n) is 2.85. The Morgan fingerprint density at radius 1 is 1.30 bits per heavy atom. The van der Waals surface area contributed by atoms with Gasteiger partial charge in [0.1, 0.15) is 6.54 Å². The van der Waals surface area contributed by atoms with Gasteiger partial charge < -0.3 is 9.64 Å². The van der Waals surface area contributed by atoms with Crippen LogP contribution >= 0.6 is 0 Å². The number of aromatic nitrogens is 2. The predicted molar refractivity (Wildman–Crippen MR) is 84.9 cm³/mol. The first-order valence-corrected chi connectivity index (χ1v) is 7.68. The van der Waals surface area contributed by atoms with Crippen molar-refractivity contribution < 1.29 is 14.3 Å². The van der Waals surface area contributed by atoms with E-state index in [1.54, 1.807) is 23.4 Å². The molecule has 1 atom stereocenters. The van der Waals surface area contributed by atoms with Crippen LogP contribution in [0.25, 0.3) is 0 Å². The van der Waals surface area contributed by atoms with Gasteiger partial charge in [0.15, 0.2) is 6.61 Å². The first-order chi connectivity index (χ1) is 11.1. The van der Waals surface area contributed by atoms with Gasteiger partial charge >= 0.3 is 5.97 Å². The van der Waals surface area contributed by atoms with Gasteiger partial charge in [0.05, 0.1) is 0 Å². The summed E-state index contributed by atoms with van der Waals surface area (Å²) in [6.45, 7) is 1.77. The molecule has 120 valence electrons. The minimum absolute atomic E-state index is 0.00637. The number of carbonyl (C=O) groups is 2. The number of ether oxygens (including phenoxy) is 1. The van der Waals surface area contributed by atoms with Crippen molar-refractivity contribution in [3.05, 3.63) is 48.3 Å². The molecule has 1 aliphatic heterocycles. The molecule has 6 heteroatoms. The summed E-state index contributed by atoms with van der Waals surface area (Å²) >= 11 is 0. The maximum atomic E-state index is 12.5. The fourth-order valence-corrected chi connectivity index (χ4v) is 2.85. The van der Waals surface area contributed by atoms with Crippen LogP contribution in [0.4, 0.5) is 5.69 Å². The number of fused-ring (bicyclic) bond motifs is 1. The highest BCUT2D eigenvalue weighted by atomic mass is 16.5. The Morgan fingerprint density at radius 3 is 2.91 bits per heavy atom.